The van der Waals surface area contributed by atoms with Crippen molar-refractivity contribution in [1.82, 2.24) is 5.32 Å². The van der Waals surface area contributed by atoms with Crippen LogP contribution in [0, 0.1) is 0 Å². The van der Waals surface area contributed by atoms with Crippen molar-refractivity contribution in [2.24, 2.45) is 0 Å². The number of hydrogen-bond donors (Lipinski definition) is 1. The summed E-state index contributed by atoms with van der Waals surface area (Å²) in [6.45, 7) is 3.09. The maximum absolute atomic E-state index is 12.4. The summed E-state index contributed by atoms with van der Waals surface area (Å²) in [5.74, 6) is 0.817. The standard InChI is InChI=1S/C19H23NO2/c1-2-9-18(16-10-5-3-6-11-16)19(21)20-14-15-22-17-12-7-4-8-13-17/h3-8,10-13,18H,2,9,14-15H2,1H3,(H,20,21). The Labute approximate surface area is 132 Å². The van der Waals surface area contributed by atoms with Gasteiger partial charge in [0.25, 0.3) is 0 Å². The zero-order valence-corrected chi connectivity index (χ0v) is 13.0. The fourth-order valence-electron chi connectivity index (χ4n) is 2.41. The number of ether oxygens (including phenoxy) is 1. The molecule has 0 radical (unpaired) electrons. The van der Waals surface area contributed by atoms with Crippen LogP contribution >= 0.6 is 0 Å². The Morgan fingerprint density at radius 2 is 1.68 bits per heavy atom. The van der Waals surface area contributed by atoms with E-state index < -0.39 is 0 Å². The van der Waals surface area contributed by atoms with E-state index in [1.165, 1.54) is 0 Å². The monoisotopic (exact) mass is 297 g/mol. The van der Waals surface area contributed by atoms with Gasteiger partial charge in [-0.3, -0.25) is 4.79 Å². The lowest BCUT2D eigenvalue weighted by Crippen LogP contribution is -2.32. The molecule has 3 nitrogen and oxygen atoms in total. The molecule has 0 aliphatic heterocycles. The van der Waals surface area contributed by atoms with E-state index in [1.54, 1.807) is 0 Å². The second kappa shape index (κ2) is 8.88. The lowest BCUT2D eigenvalue weighted by atomic mass is 9.94. The van der Waals surface area contributed by atoms with Crippen LogP contribution in [0.3, 0.4) is 0 Å². The summed E-state index contributed by atoms with van der Waals surface area (Å²) in [6.07, 6.45) is 1.84. The lowest BCUT2D eigenvalue weighted by Gasteiger charge is -2.16. The van der Waals surface area contributed by atoms with E-state index in [0.29, 0.717) is 13.2 Å². The van der Waals surface area contributed by atoms with E-state index in [2.05, 4.69) is 12.2 Å². The average molecular weight is 297 g/mol. The van der Waals surface area contributed by atoms with Gasteiger partial charge in [-0.1, -0.05) is 61.9 Å². The molecule has 2 aromatic carbocycles. The van der Waals surface area contributed by atoms with Crippen molar-refractivity contribution in [3.8, 4) is 5.75 Å². The van der Waals surface area contributed by atoms with E-state index >= 15 is 0 Å². The Morgan fingerprint density at radius 1 is 1.05 bits per heavy atom. The summed E-state index contributed by atoms with van der Waals surface area (Å²) < 4.78 is 5.59. The first-order valence-electron chi connectivity index (χ1n) is 7.81. The zero-order valence-electron chi connectivity index (χ0n) is 13.0. The van der Waals surface area contributed by atoms with Gasteiger partial charge >= 0.3 is 0 Å². The molecule has 0 aliphatic rings. The molecule has 22 heavy (non-hydrogen) atoms. The van der Waals surface area contributed by atoms with Gasteiger partial charge in [-0.2, -0.15) is 0 Å². The molecule has 1 atom stereocenters. The van der Waals surface area contributed by atoms with Crippen molar-refractivity contribution >= 4 is 5.91 Å². The molecule has 0 spiro atoms. The van der Waals surface area contributed by atoms with E-state index in [-0.39, 0.29) is 11.8 Å². The molecular weight excluding hydrogens is 274 g/mol. The molecule has 0 aliphatic carbocycles. The molecule has 3 heteroatoms. The molecule has 0 saturated carbocycles. The normalized spacial score (nSPS) is 11.7. The van der Waals surface area contributed by atoms with Gasteiger partial charge in [-0.25, -0.2) is 0 Å². The van der Waals surface area contributed by atoms with Gasteiger partial charge < -0.3 is 10.1 Å². The number of carbonyl (C=O) groups excluding carboxylic acids is 1. The highest BCUT2D eigenvalue weighted by Crippen LogP contribution is 2.21. The molecule has 0 bridgehead atoms. The van der Waals surface area contributed by atoms with Crippen LogP contribution in [0.25, 0.3) is 0 Å². The van der Waals surface area contributed by atoms with Crippen LogP contribution in [0.2, 0.25) is 0 Å². The minimum absolute atomic E-state index is 0.0738. The first kappa shape index (κ1) is 16.1. The van der Waals surface area contributed by atoms with Gasteiger partial charge in [-0.05, 0) is 24.1 Å². The van der Waals surface area contributed by atoms with Crippen LogP contribution in [0.5, 0.6) is 5.75 Å². The smallest absolute Gasteiger partial charge is 0.227 e. The topological polar surface area (TPSA) is 38.3 Å². The predicted octanol–water partition coefficient (Wildman–Crippen LogP) is 3.77. The molecule has 0 aromatic heterocycles. The van der Waals surface area contributed by atoms with Crippen molar-refractivity contribution in [3.63, 3.8) is 0 Å². The quantitative estimate of drug-likeness (QED) is 0.753. The molecule has 2 rings (SSSR count). The second-order valence-corrected chi connectivity index (χ2v) is 5.20. The summed E-state index contributed by atoms with van der Waals surface area (Å²) in [7, 11) is 0. The molecule has 0 heterocycles. The highest BCUT2D eigenvalue weighted by Gasteiger charge is 2.18. The fraction of sp³-hybridized carbons (Fsp3) is 0.316. The minimum Gasteiger partial charge on any atom is -0.492 e. The van der Waals surface area contributed by atoms with Crippen molar-refractivity contribution in [1.29, 1.82) is 0 Å². The van der Waals surface area contributed by atoms with E-state index in [4.69, 9.17) is 4.74 Å². The second-order valence-electron chi connectivity index (χ2n) is 5.20. The van der Waals surface area contributed by atoms with Crippen molar-refractivity contribution in [2.75, 3.05) is 13.2 Å². The Bertz CT molecular complexity index is 554. The summed E-state index contributed by atoms with van der Waals surface area (Å²) in [5, 5.41) is 2.97. The van der Waals surface area contributed by atoms with Gasteiger partial charge in [0.2, 0.25) is 5.91 Å². The van der Waals surface area contributed by atoms with Gasteiger partial charge in [0.15, 0.2) is 0 Å². The van der Waals surface area contributed by atoms with Crippen LogP contribution in [-0.2, 0) is 4.79 Å². The molecular formula is C19H23NO2. The zero-order chi connectivity index (χ0) is 15.6. The fourth-order valence-corrected chi connectivity index (χ4v) is 2.41. The van der Waals surface area contributed by atoms with Crippen molar-refractivity contribution < 1.29 is 9.53 Å². The van der Waals surface area contributed by atoms with Gasteiger partial charge in [-0.15, -0.1) is 0 Å². The van der Waals surface area contributed by atoms with Crippen LogP contribution in [-0.4, -0.2) is 19.1 Å². The molecule has 2 aromatic rings. The number of amides is 1. The highest BCUT2D eigenvalue weighted by molar-refractivity contribution is 5.83. The van der Waals surface area contributed by atoms with Crippen LogP contribution < -0.4 is 10.1 Å². The van der Waals surface area contributed by atoms with E-state index in [1.807, 2.05) is 60.7 Å². The summed E-state index contributed by atoms with van der Waals surface area (Å²) in [5.41, 5.74) is 1.07. The number of para-hydroxylation sites is 1. The number of hydrogen-bond acceptors (Lipinski definition) is 2. The maximum atomic E-state index is 12.4. The van der Waals surface area contributed by atoms with Gasteiger partial charge in [0.1, 0.15) is 12.4 Å². The third-order valence-corrected chi connectivity index (χ3v) is 3.51. The van der Waals surface area contributed by atoms with Gasteiger partial charge in [0, 0.05) is 0 Å². The first-order chi connectivity index (χ1) is 10.8. The summed E-state index contributed by atoms with van der Waals surface area (Å²) in [6, 6.07) is 19.6. The number of nitrogens with one attached hydrogen (secondary N) is 1. The van der Waals surface area contributed by atoms with Crippen LogP contribution in [0.1, 0.15) is 31.2 Å². The van der Waals surface area contributed by atoms with Gasteiger partial charge in [0.05, 0.1) is 12.5 Å². The first-order valence-corrected chi connectivity index (χ1v) is 7.81. The third kappa shape index (κ3) is 4.92. The number of benzene rings is 2. The van der Waals surface area contributed by atoms with E-state index in [9.17, 15) is 4.79 Å². The summed E-state index contributed by atoms with van der Waals surface area (Å²) >= 11 is 0. The third-order valence-electron chi connectivity index (χ3n) is 3.51. The summed E-state index contributed by atoms with van der Waals surface area (Å²) in [4.78, 5) is 12.4. The van der Waals surface area contributed by atoms with Crippen LogP contribution in [0.4, 0.5) is 0 Å². The molecule has 1 unspecified atom stereocenters. The number of carbonyl (C=O) groups is 1. The minimum atomic E-state index is -0.0806. The Kier molecular flexibility index (Phi) is 6.49. The molecule has 1 amide bonds. The largest absolute Gasteiger partial charge is 0.492 e. The van der Waals surface area contributed by atoms with E-state index in [0.717, 1.165) is 24.2 Å². The molecule has 1 N–H and O–H groups in total. The highest BCUT2D eigenvalue weighted by atomic mass is 16.5. The maximum Gasteiger partial charge on any atom is 0.227 e. The van der Waals surface area contributed by atoms with Crippen molar-refractivity contribution in [2.45, 2.75) is 25.7 Å². The molecule has 0 saturated heterocycles. The Balaban J connectivity index is 1.81. The SMILES string of the molecule is CCCC(C(=O)NCCOc1ccccc1)c1ccccc1. The van der Waals surface area contributed by atoms with Crippen molar-refractivity contribution in [3.05, 3.63) is 66.2 Å². The molecule has 116 valence electrons. The number of rotatable bonds is 8. The lowest BCUT2D eigenvalue weighted by molar-refractivity contribution is -0.122. The van der Waals surface area contributed by atoms with Crippen LogP contribution in [0.15, 0.2) is 60.7 Å². The Hall–Kier alpha value is -2.29. The molecule has 0 fully saturated rings. The Morgan fingerprint density at radius 3 is 2.32 bits per heavy atom. The predicted molar refractivity (Wildman–Crippen MR) is 89.0 cm³/mol. The average Bonchev–Trinajstić information content (AvgIpc) is 2.58.